The number of amides is 1. The number of primary amides is 1. The Kier molecular flexibility index (Phi) is 5.25. The van der Waals surface area contributed by atoms with Crippen LogP contribution in [0.15, 0.2) is 35.3 Å². The van der Waals surface area contributed by atoms with E-state index in [1.165, 1.54) is 30.9 Å². The van der Waals surface area contributed by atoms with E-state index in [2.05, 4.69) is 19.9 Å². The third-order valence-corrected chi connectivity index (χ3v) is 3.71. The van der Waals surface area contributed by atoms with Crippen molar-refractivity contribution in [3.8, 4) is 17.3 Å². The highest BCUT2D eigenvalue weighted by molar-refractivity contribution is 5.92. The summed E-state index contributed by atoms with van der Waals surface area (Å²) in [7, 11) is 0. The molecule has 3 aromatic heterocycles. The molecular formula is C17H14F3N5O3. The molecule has 11 heteroatoms. The topological polar surface area (TPSA) is 117 Å². The van der Waals surface area contributed by atoms with Gasteiger partial charge >= 0.3 is 6.18 Å². The van der Waals surface area contributed by atoms with Crippen molar-refractivity contribution in [2.45, 2.75) is 19.5 Å². The number of pyridine rings is 1. The van der Waals surface area contributed by atoms with Gasteiger partial charge in [0.1, 0.15) is 23.4 Å². The SMILES string of the molecule is Cc1c(OCC(F)(F)F)ccnc1Cc1nc(-c2ncco2)cnc1C(N)=O. The van der Waals surface area contributed by atoms with Gasteiger partial charge in [-0.1, -0.05) is 0 Å². The fourth-order valence-corrected chi connectivity index (χ4v) is 2.42. The molecule has 0 unspecified atom stereocenters. The molecule has 3 rings (SSSR count). The number of aromatic nitrogens is 4. The van der Waals surface area contributed by atoms with E-state index in [1.54, 1.807) is 6.92 Å². The fraction of sp³-hybridized carbons (Fsp3) is 0.235. The van der Waals surface area contributed by atoms with E-state index in [0.717, 1.165) is 0 Å². The molecule has 3 aromatic rings. The molecule has 0 fully saturated rings. The Morgan fingerprint density at radius 3 is 2.64 bits per heavy atom. The van der Waals surface area contributed by atoms with E-state index in [1.807, 2.05) is 0 Å². The lowest BCUT2D eigenvalue weighted by atomic mass is 10.1. The van der Waals surface area contributed by atoms with E-state index in [4.69, 9.17) is 14.9 Å². The van der Waals surface area contributed by atoms with E-state index in [9.17, 15) is 18.0 Å². The van der Waals surface area contributed by atoms with Crippen molar-refractivity contribution in [3.63, 3.8) is 0 Å². The molecule has 3 heterocycles. The maximum Gasteiger partial charge on any atom is 0.422 e. The third-order valence-electron chi connectivity index (χ3n) is 3.71. The summed E-state index contributed by atoms with van der Waals surface area (Å²) in [6.07, 6.45) is 0.902. The molecule has 28 heavy (non-hydrogen) atoms. The zero-order valence-corrected chi connectivity index (χ0v) is 14.5. The van der Waals surface area contributed by atoms with Crippen LogP contribution in [0, 0.1) is 6.92 Å². The summed E-state index contributed by atoms with van der Waals surface area (Å²) in [5.41, 5.74) is 6.46. The summed E-state index contributed by atoms with van der Waals surface area (Å²) in [6.45, 7) is 0.132. The molecule has 0 aromatic carbocycles. The first-order chi connectivity index (χ1) is 13.2. The van der Waals surface area contributed by atoms with Gasteiger partial charge in [-0.2, -0.15) is 13.2 Å². The number of ether oxygens (including phenoxy) is 1. The highest BCUT2D eigenvalue weighted by Gasteiger charge is 2.29. The highest BCUT2D eigenvalue weighted by atomic mass is 19.4. The number of rotatable bonds is 6. The Morgan fingerprint density at radius 2 is 2.00 bits per heavy atom. The number of carbonyl (C=O) groups excluding carboxylic acids is 1. The molecule has 0 saturated heterocycles. The van der Waals surface area contributed by atoms with Crippen molar-refractivity contribution in [3.05, 3.63) is 53.6 Å². The summed E-state index contributed by atoms with van der Waals surface area (Å²) in [4.78, 5) is 28.1. The van der Waals surface area contributed by atoms with Crippen molar-refractivity contribution in [1.29, 1.82) is 0 Å². The van der Waals surface area contributed by atoms with Gasteiger partial charge in [0.2, 0.25) is 5.89 Å². The first kappa shape index (κ1) is 19.3. The lowest BCUT2D eigenvalue weighted by Gasteiger charge is -2.14. The van der Waals surface area contributed by atoms with Crippen LogP contribution in [-0.2, 0) is 6.42 Å². The average Bonchev–Trinajstić information content (AvgIpc) is 3.16. The standard InChI is InChI=1S/C17H14F3N5O3/c1-9-10(22-3-2-13(9)28-8-17(18,19)20)6-11-14(15(21)26)24-7-12(25-11)16-23-4-5-27-16/h2-5,7H,6,8H2,1H3,(H2,21,26). The number of hydrogen-bond donors (Lipinski definition) is 1. The van der Waals surface area contributed by atoms with Crippen LogP contribution in [0.1, 0.15) is 27.4 Å². The molecule has 0 saturated carbocycles. The van der Waals surface area contributed by atoms with Crippen LogP contribution in [-0.4, -0.2) is 38.6 Å². The smallest absolute Gasteiger partial charge is 0.422 e. The largest absolute Gasteiger partial charge is 0.484 e. The average molecular weight is 393 g/mol. The number of alkyl halides is 3. The summed E-state index contributed by atoms with van der Waals surface area (Å²) < 4.78 is 47.2. The van der Waals surface area contributed by atoms with Crippen LogP contribution in [0.25, 0.3) is 11.6 Å². The second-order valence-electron chi connectivity index (χ2n) is 5.71. The lowest BCUT2D eigenvalue weighted by molar-refractivity contribution is -0.153. The van der Waals surface area contributed by atoms with Gasteiger partial charge in [-0.15, -0.1) is 0 Å². The number of hydrogen-bond acceptors (Lipinski definition) is 7. The maximum atomic E-state index is 12.4. The molecular weight excluding hydrogens is 379 g/mol. The van der Waals surface area contributed by atoms with Gasteiger partial charge in [-0.3, -0.25) is 9.78 Å². The predicted octanol–water partition coefficient (Wildman–Crippen LogP) is 2.47. The lowest BCUT2D eigenvalue weighted by Crippen LogP contribution is -2.20. The molecule has 0 aliphatic heterocycles. The quantitative estimate of drug-likeness (QED) is 0.684. The molecule has 1 amide bonds. The molecule has 8 nitrogen and oxygen atoms in total. The monoisotopic (exact) mass is 393 g/mol. The highest BCUT2D eigenvalue weighted by Crippen LogP contribution is 2.25. The minimum absolute atomic E-state index is 0.00509. The molecule has 2 N–H and O–H groups in total. The minimum atomic E-state index is -4.47. The second kappa shape index (κ2) is 7.62. The number of nitrogens with zero attached hydrogens (tertiary/aromatic N) is 4. The summed E-state index contributed by atoms with van der Waals surface area (Å²) >= 11 is 0. The number of oxazole rings is 1. The van der Waals surface area contributed by atoms with Crippen LogP contribution in [0.3, 0.4) is 0 Å². The predicted molar refractivity (Wildman–Crippen MR) is 89.4 cm³/mol. The van der Waals surface area contributed by atoms with Crippen molar-refractivity contribution in [2.75, 3.05) is 6.61 Å². The third kappa shape index (κ3) is 4.42. The number of carbonyl (C=O) groups is 1. The normalized spacial score (nSPS) is 11.4. The molecule has 146 valence electrons. The van der Waals surface area contributed by atoms with E-state index >= 15 is 0 Å². The summed E-state index contributed by atoms with van der Waals surface area (Å²) in [5.74, 6) is -0.583. The zero-order chi connectivity index (χ0) is 20.3. The van der Waals surface area contributed by atoms with Crippen molar-refractivity contribution < 1.29 is 27.1 Å². The maximum absolute atomic E-state index is 12.4. The molecule has 0 atom stereocenters. The summed E-state index contributed by atoms with van der Waals surface area (Å²) in [5, 5.41) is 0. The van der Waals surface area contributed by atoms with Gasteiger partial charge in [-0.25, -0.2) is 15.0 Å². The second-order valence-corrected chi connectivity index (χ2v) is 5.71. The van der Waals surface area contributed by atoms with Gasteiger partial charge < -0.3 is 14.9 Å². The van der Waals surface area contributed by atoms with Gasteiger partial charge in [-0.05, 0) is 13.0 Å². The minimum Gasteiger partial charge on any atom is -0.484 e. The molecule has 0 bridgehead atoms. The first-order valence-corrected chi connectivity index (χ1v) is 7.94. The van der Waals surface area contributed by atoms with Crippen molar-refractivity contribution >= 4 is 5.91 Å². The Labute approximate surface area is 156 Å². The van der Waals surface area contributed by atoms with Crippen LogP contribution in [0.5, 0.6) is 5.75 Å². The summed E-state index contributed by atoms with van der Waals surface area (Å²) in [6, 6.07) is 1.33. The van der Waals surface area contributed by atoms with Crippen LogP contribution >= 0.6 is 0 Å². The molecule has 0 aliphatic rings. The number of halogens is 3. The van der Waals surface area contributed by atoms with E-state index in [0.29, 0.717) is 11.3 Å². The Morgan fingerprint density at radius 1 is 1.21 bits per heavy atom. The van der Waals surface area contributed by atoms with Gasteiger partial charge in [0.15, 0.2) is 6.61 Å². The van der Waals surface area contributed by atoms with E-state index < -0.39 is 18.7 Å². The Bertz CT molecular complexity index is 990. The van der Waals surface area contributed by atoms with Gasteiger partial charge in [0.05, 0.1) is 23.8 Å². The van der Waals surface area contributed by atoms with Crippen LogP contribution in [0.4, 0.5) is 13.2 Å². The van der Waals surface area contributed by atoms with Gasteiger partial charge in [0, 0.05) is 18.2 Å². The molecule has 0 spiro atoms. The Balaban J connectivity index is 1.94. The van der Waals surface area contributed by atoms with Crippen molar-refractivity contribution in [2.24, 2.45) is 5.73 Å². The Hall–Kier alpha value is -3.50. The van der Waals surface area contributed by atoms with Crippen LogP contribution in [0.2, 0.25) is 0 Å². The molecule has 0 aliphatic carbocycles. The number of nitrogens with two attached hydrogens (primary N) is 1. The van der Waals surface area contributed by atoms with Gasteiger partial charge in [0.25, 0.3) is 5.91 Å². The van der Waals surface area contributed by atoms with Crippen molar-refractivity contribution in [1.82, 2.24) is 19.9 Å². The van der Waals surface area contributed by atoms with Crippen LogP contribution < -0.4 is 10.5 Å². The first-order valence-electron chi connectivity index (χ1n) is 7.94. The molecule has 0 radical (unpaired) electrons. The van der Waals surface area contributed by atoms with E-state index in [-0.39, 0.29) is 35.1 Å². The zero-order valence-electron chi connectivity index (χ0n) is 14.5. The fourth-order valence-electron chi connectivity index (χ4n) is 2.42.